The standard InChI is InChI=1S/CH4O.CH3.H2O.3Rh.U/c1-2;;;;;;/h2H,1H3;1H3;1H2;;;;/q;-1;;;;;. The fraction of sp³-hybridized carbons (Fsp3) is 0.500. The maximum absolute atomic E-state index is 7.00. The van der Waals surface area contributed by atoms with Gasteiger partial charge in [0.2, 0.25) is 0 Å². The summed E-state index contributed by atoms with van der Waals surface area (Å²) in [5, 5.41) is 7.00. The maximum atomic E-state index is 7.00. The summed E-state index contributed by atoms with van der Waals surface area (Å²) < 4.78 is 0. The van der Waals surface area contributed by atoms with E-state index in [1.165, 1.54) is 0 Å². The van der Waals surface area contributed by atoms with Crippen molar-refractivity contribution in [2.24, 2.45) is 0 Å². The van der Waals surface area contributed by atoms with Crippen molar-refractivity contribution in [1.82, 2.24) is 0 Å². The minimum atomic E-state index is 0. The van der Waals surface area contributed by atoms with Gasteiger partial charge in [0.05, 0.1) is 0 Å². The van der Waals surface area contributed by atoms with E-state index >= 15 is 0 Å². The molecule has 0 fully saturated rings. The molecule has 8 heavy (non-hydrogen) atoms. The van der Waals surface area contributed by atoms with E-state index in [0.29, 0.717) is 0 Å². The molecule has 0 aromatic heterocycles. The summed E-state index contributed by atoms with van der Waals surface area (Å²) in [6.45, 7) is 0. The van der Waals surface area contributed by atoms with E-state index in [1.807, 2.05) is 0 Å². The predicted molar refractivity (Wildman–Crippen MR) is 18.2 cm³/mol. The summed E-state index contributed by atoms with van der Waals surface area (Å²) >= 11 is 0. The molecule has 2 nitrogen and oxygen atoms in total. The quantitative estimate of drug-likeness (QED) is 0.284. The first-order valence-corrected chi connectivity index (χ1v) is 0.447. The second-order valence-corrected chi connectivity index (χ2v) is 0. The predicted octanol–water partition coefficient (Wildman–Crippen LogP) is -0.773. The Kier molecular flexibility index (Phi) is 847. The molecule has 0 spiro atoms. The van der Waals surface area contributed by atoms with Gasteiger partial charge in [0.15, 0.2) is 0 Å². The molecule has 6 heteroatoms. The van der Waals surface area contributed by atoms with Gasteiger partial charge in [-0.05, 0) is 0 Å². The summed E-state index contributed by atoms with van der Waals surface area (Å²) in [6, 6.07) is 0. The smallest absolute Gasteiger partial charge is 0.0319 e. The zero-order valence-corrected chi connectivity index (χ0v) is 13.5. The van der Waals surface area contributed by atoms with Gasteiger partial charge < -0.3 is 18.0 Å². The molecule has 0 unspecified atom stereocenters. The maximum Gasteiger partial charge on any atom is 0.0319 e. The second kappa shape index (κ2) is 95.3. The summed E-state index contributed by atoms with van der Waals surface area (Å²) in [7, 11) is 1.00. The van der Waals surface area contributed by atoms with Crippen molar-refractivity contribution < 1.29 is 100 Å². The van der Waals surface area contributed by atoms with E-state index < -0.39 is 0 Å². The zero-order chi connectivity index (χ0) is 2.00. The van der Waals surface area contributed by atoms with Crippen molar-refractivity contribution in [2.75, 3.05) is 7.11 Å². The van der Waals surface area contributed by atoms with Crippen molar-refractivity contribution in [3.05, 3.63) is 7.43 Å². The van der Waals surface area contributed by atoms with Crippen LogP contribution in [0.5, 0.6) is 0 Å². The molecule has 0 aromatic rings. The molecule has 3 N–H and O–H groups in total. The van der Waals surface area contributed by atoms with Gasteiger partial charge in [0, 0.05) is 96.7 Å². The van der Waals surface area contributed by atoms with Crippen LogP contribution < -0.4 is 0 Å². The number of aliphatic hydroxyl groups is 1. The number of hydrogen-bond acceptors (Lipinski definition) is 1. The van der Waals surface area contributed by atoms with Crippen LogP contribution in [0.4, 0.5) is 0 Å². The molecule has 61 valence electrons. The van der Waals surface area contributed by atoms with Crippen LogP contribution in [0.1, 0.15) is 0 Å². The molecule has 0 heterocycles. The molecule has 0 atom stereocenters. The SMILES string of the molecule is CO.O.[CH3-].[Rh].[Rh].[Rh].[U]. The summed E-state index contributed by atoms with van der Waals surface area (Å²) in [4.78, 5) is 0. The Morgan fingerprint density at radius 1 is 0.875 bits per heavy atom. The Hall–Kier alpha value is 2.84. The summed E-state index contributed by atoms with van der Waals surface area (Å²) in [5.74, 6) is 0. The number of aliphatic hydroxyl groups excluding tert-OH is 1. The minimum absolute atomic E-state index is 0. The third-order valence-corrected chi connectivity index (χ3v) is 0. The first-order chi connectivity index (χ1) is 1.00. The van der Waals surface area contributed by atoms with Crippen LogP contribution in [0.2, 0.25) is 0 Å². The van der Waals surface area contributed by atoms with Gasteiger partial charge in [0.25, 0.3) is 0 Å². The van der Waals surface area contributed by atoms with E-state index in [2.05, 4.69) is 0 Å². The van der Waals surface area contributed by atoms with Gasteiger partial charge in [-0.2, -0.15) is 0 Å². The average molecular weight is 612 g/mol. The Bertz CT molecular complexity index is 15.2. The molecule has 0 rings (SSSR count). The summed E-state index contributed by atoms with van der Waals surface area (Å²) in [5.41, 5.74) is 0. The molecule has 0 saturated carbocycles. The Morgan fingerprint density at radius 2 is 0.875 bits per heavy atom. The molecule has 0 aliphatic carbocycles. The summed E-state index contributed by atoms with van der Waals surface area (Å²) in [6.07, 6.45) is 0. The van der Waals surface area contributed by atoms with Gasteiger partial charge in [-0.15, -0.1) is 0 Å². The van der Waals surface area contributed by atoms with E-state index in [0.717, 1.165) is 7.11 Å². The van der Waals surface area contributed by atoms with Crippen LogP contribution in [0, 0.1) is 38.5 Å². The molecule has 3 radical (unpaired) electrons. The third-order valence-electron chi connectivity index (χ3n) is 0. The fourth-order valence-electron chi connectivity index (χ4n) is 0. The van der Waals surface area contributed by atoms with Gasteiger partial charge in [0.1, 0.15) is 0 Å². The minimum Gasteiger partial charge on any atom is -0.412 e. The van der Waals surface area contributed by atoms with Crippen molar-refractivity contribution in [3.63, 3.8) is 0 Å². The molecule has 0 aliphatic heterocycles. The van der Waals surface area contributed by atoms with Crippen LogP contribution in [-0.4, -0.2) is 17.7 Å². The average Bonchev–Trinajstić information content (AvgIpc) is 1.00. The van der Waals surface area contributed by atoms with E-state index in [1.54, 1.807) is 0 Å². The Balaban J connectivity index is -0.000000000333. The van der Waals surface area contributed by atoms with Crippen molar-refractivity contribution in [1.29, 1.82) is 0 Å². The van der Waals surface area contributed by atoms with E-state index in [4.69, 9.17) is 5.11 Å². The van der Waals surface area contributed by atoms with Crippen LogP contribution in [0.15, 0.2) is 0 Å². The molecule has 0 saturated heterocycles. The zero-order valence-electron chi connectivity index (χ0n) is 4.45. The van der Waals surface area contributed by atoms with Gasteiger partial charge in [-0.25, -0.2) is 0 Å². The third kappa shape index (κ3) is 67.3. The van der Waals surface area contributed by atoms with Crippen molar-refractivity contribution >= 4 is 0 Å². The molecular weight excluding hydrogens is 603 g/mol. The Labute approximate surface area is 113 Å². The monoisotopic (exact) mass is 612 g/mol. The topological polar surface area (TPSA) is 51.7 Å². The van der Waals surface area contributed by atoms with E-state index in [-0.39, 0.29) is 102 Å². The molecule has 0 amide bonds. The van der Waals surface area contributed by atoms with Crippen molar-refractivity contribution in [3.8, 4) is 0 Å². The van der Waals surface area contributed by atoms with Gasteiger partial charge in [-0.1, -0.05) is 0 Å². The first kappa shape index (κ1) is 71.1. The van der Waals surface area contributed by atoms with Gasteiger partial charge >= 0.3 is 0 Å². The van der Waals surface area contributed by atoms with Gasteiger partial charge in [-0.3, -0.25) is 0 Å². The van der Waals surface area contributed by atoms with Crippen LogP contribution in [0.25, 0.3) is 0 Å². The molecule has 0 aromatic carbocycles. The number of hydrogen-bond donors (Lipinski definition) is 1. The van der Waals surface area contributed by atoms with Crippen LogP contribution >= 0.6 is 0 Å². The van der Waals surface area contributed by atoms with Crippen LogP contribution in [-0.2, 0) is 58.4 Å². The molecular formula is C2H9O2Rh3U-. The van der Waals surface area contributed by atoms with Crippen molar-refractivity contribution in [2.45, 2.75) is 0 Å². The fourth-order valence-corrected chi connectivity index (χ4v) is 0. The second-order valence-electron chi connectivity index (χ2n) is 0. The largest absolute Gasteiger partial charge is 0.412 e. The molecule has 0 bridgehead atoms. The normalized spacial score (nSPS) is 0.750. The Morgan fingerprint density at radius 3 is 0.875 bits per heavy atom. The first-order valence-electron chi connectivity index (χ1n) is 0.447. The number of rotatable bonds is 0. The molecule has 0 aliphatic rings. The van der Waals surface area contributed by atoms with E-state index in [9.17, 15) is 0 Å². The van der Waals surface area contributed by atoms with Crippen LogP contribution in [0.3, 0.4) is 0 Å².